The molecule has 6 nitrogen and oxygen atoms in total. The first-order chi connectivity index (χ1) is 11.6. The maximum Gasteiger partial charge on any atom is 0.226 e. The van der Waals surface area contributed by atoms with Gasteiger partial charge in [0.1, 0.15) is 5.01 Å². The average molecular weight is 410 g/mol. The number of nitrogens with zero attached hydrogens (tertiary/aromatic N) is 2. The molecule has 8 heteroatoms. The Bertz CT molecular complexity index is 699. The molecule has 0 fully saturated rings. The van der Waals surface area contributed by atoms with Gasteiger partial charge in [0, 0.05) is 41.2 Å². The normalized spacial score (nSPS) is 11.2. The largest absolute Gasteiger partial charge is 0.356 e. The highest BCUT2D eigenvalue weighted by Gasteiger charge is 2.05. The quantitative estimate of drug-likeness (QED) is 0.506. The van der Waals surface area contributed by atoms with E-state index in [0.29, 0.717) is 25.5 Å². The number of benzene rings is 1. The standard InChI is InChI=1S/C16H20BrN5OS/c1-11-9-20-15(24-11)10-21-16(18-2)19-8-7-14(23)22-13-5-3-12(17)4-6-13/h3-6,9H,7-8,10H2,1-2H3,(H,22,23)(H2,18,19,21). The number of carbonyl (C=O) groups is 1. The van der Waals surface area contributed by atoms with Crippen molar-refractivity contribution in [3.63, 3.8) is 0 Å². The third-order valence-corrected chi connectivity index (χ3v) is 4.51. The van der Waals surface area contributed by atoms with Crippen molar-refractivity contribution in [1.29, 1.82) is 0 Å². The Kier molecular flexibility index (Phi) is 7.20. The summed E-state index contributed by atoms with van der Waals surface area (Å²) in [5, 5.41) is 10.2. The van der Waals surface area contributed by atoms with Crippen molar-refractivity contribution in [1.82, 2.24) is 15.6 Å². The molecular formula is C16H20BrN5OS. The lowest BCUT2D eigenvalue weighted by Gasteiger charge is -2.11. The Labute approximate surface area is 153 Å². The van der Waals surface area contributed by atoms with Gasteiger partial charge in [0.25, 0.3) is 0 Å². The third kappa shape index (κ3) is 6.29. The van der Waals surface area contributed by atoms with Gasteiger partial charge in [0.15, 0.2) is 5.96 Å². The molecule has 2 aromatic rings. The molecule has 0 unspecified atom stereocenters. The summed E-state index contributed by atoms with van der Waals surface area (Å²) < 4.78 is 0.979. The van der Waals surface area contributed by atoms with Crippen LogP contribution in [0.4, 0.5) is 5.69 Å². The van der Waals surface area contributed by atoms with E-state index in [4.69, 9.17) is 0 Å². The Hall–Kier alpha value is -1.93. The minimum Gasteiger partial charge on any atom is -0.356 e. The van der Waals surface area contributed by atoms with Gasteiger partial charge < -0.3 is 16.0 Å². The van der Waals surface area contributed by atoms with Crippen molar-refractivity contribution < 1.29 is 4.79 Å². The van der Waals surface area contributed by atoms with E-state index in [2.05, 4.69) is 41.9 Å². The zero-order valence-corrected chi connectivity index (χ0v) is 16.0. The number of amides is 1. The van der Waals surface area contributed by atoms with Crippen LogP contribution >= 0.6 is 27.3 Å². The smallest absolute Gasteiger partial charge is 0.226 e. The molecule has 128 valence electrons. The topological polar surface area (TPSA) is 78.4 Å². The van der Waals surface area contributed by atoms with Gasteiger partial charge in [-0.3, -0.25) is 9.79 Å². The molecule has 1 aromatic carbocycles. The van der Waals surface area contributed by atoms with E-state index < -0.39 is 0 Å². The van der Waals surface area contributed by atoms with Crippen LogP contribution in [0, 0.1) is 6.92 Å². The van der Waals surface area contributed by atoms with Crippen molar-refractivity contribution in [2.24, 2.45) is 4.99 Å². The summed E-state index contributed by atoms with van der Waals surface area (Å²) in [5.41, 5.74) is 0.782. The summed E-state index contributed by atoms with van der Waals surface area (Å²) in [7, 11) is 1.70. The number of anilines is 1. The molecule has 1 amide bonds. The Morgan fingerprint density at radius 3 is 2.67 bits per heavy atom. The highest BCUT2D eigenvalue weighted by Crippen LogP contribution is 2.14. The highest BCUT2D eigenvalue weighted by atomic mass is 79.9. The molecule has 0 bridgehead atoms. The SMILES string of the molecule is CN=C(NCCC(=O)Nc1ccc(Br)cc1)NCc1ncc(C)s1. The van der Waals surface area contributed by atoms with E-state index in [1.807, 2.05) is 37.4 Å². The van der Waals surface area contributed by atoms with E-state index in [0.717, 1.165) is 15.2 Å². The summed E-state index contributed by atoms with van der Waals surface area (Å²) in [5.74, 6) is 0.607. The molecule has 1 aromatic heterocycles. The molecule has 0 saturated carbocycles. The second kappa shape index (κ2) is 9.39. The van der Waals surface area contributed by atoms with Crippen molar-refractivity contribution >= 4 is 44.8 Å². The first-order valence-electron chi connectivity index (χ1n) is 7.48. The highest BCUT2D eigenvalue weighted by molar-refractivity contribution is 9.10. The first-order valence-corrected chi connectivity index (χ1v) is 9.09. The van der Waals surface area contributed by atoms with Crippen molar-refractivity contribution in [3.8, 4) is 0 Å². The van der Waals surface area contributed by atoms with Gasteiger partial charge in [-0.2, -0.15) is 0 Å². The van der Waals surface area contributed by atoms with Crippen LogP contribution in [0.3, 0.4) is 0 Å². The van der Waals surface area contributed by atoms with E-state index in [9.17, 15) is 4.79 Å². The Balaban J connectivity index is 1.69. The van der Waals surface area contributed by atoms with Crippen LogP contribution in [-0.2, 0) is 11.3 Å². The van der Waals surface area contributed by atoms with Gasteiger partial charge >= 0.3 is 0 Å². The van der Waals surface area contributed by atoms with Crippen molar-refractivity contribution in [3.05, 3.63) is 44.8 Å². The van der Waals surface area contributed by atoms with Gasteiger partial charge in [-0.25, -0.2) is 4.98 Å². The first kappa shape index (κ1) is 18.4. The summed E-state index contributed by atoms with van der Waals surface area (Å²) in [6.07, 6.45) is 2.21. The molecule has 24 heavy (non-hydrogen) atoms. The fraction of sp³-hybridized carbons (Fsp3) is 0.312. The van der Waals surface area contributed by atoms with Crippen LogP contribution in [0.5, 0.6) is 0 Å². The molecule has 0 spiro atoms. The second-order valence-corrected chi connectivity index (χ2v) is 7.26. The third-order valence-electron chi connectivity index (χ3n) is 3.07. The second-order valence-electron chi connectivity index (χ2n) is 5.02. The Morgan fingerprint density at radius 2 is 2.04 bits per heavy atom. The van der Waals surface area contributed by atoms with Gasteiger partial charge in [0.05, 0.1) is 6.54 Å². The lowest BCUT2D eigenvalue weighted by atomic mass is 10.3. The van der Waals surface area contributed by atoms with Crippen molar-refractivity contribution in [2.45, 2.75) is 19.9 Å². The number of guanidine groups is 1. The Morgan fingerprint density at radius 1 is 1.29 bits per heavy atom. The number of aromatic nitrogens is 1. The average Bonchev–Trinajstić information content (AvgIpc) is 2.98. The minimum atomic E-state index is -0.0455. The van der Waals surface area contributed by atoms with Crippen molar-refractivity contribution in [2.75, 3.05) is 18.9 Å². The number of aryl methyl sites for hydroxylation is 1. The molecule has 0 radical (unpaired) electrons. The van der Waals surface area contributed by atoms with Gasteiger partial charge in [0.2, 0.25) is 5.91 Å². The molecular weight excluding hydrogens is 390 g/mol. The molecule has 2 rings (SSSR count). The molecule has 0 aliphatic carbocycles. The lowest BCUT2D eigenvalue weighted by molar-refractivity contribution is -0.116. The number of aliphatic imine (C=N–C) groups is 1. The van der Waals surface area contributed by atoms with Gasteiger partial charge in [-0.1, -0.05) is 15.9 Å². The molecule has 0 aliphatic rings. The molecule has 0 saturated heterocycles. The fourth-order valence-electron chi connectivity index (χ4n) is 1.91. The number of hydrogen-bond acceptors (Lipinski definition) is 4. The van der Waals surface area contributed by atoms with Crippen LogP contribution in [0.2, 0.25) is 0 Å². The number of hydrogen-bond donors (Lipinski definition) is 3. The number of carbonyl (C=O) groups excluding carboxylic acids is 1. The van der Waals surface area contributed by atoms with Crippen LogP contribution in [0.25, 0.3) is 0 Å². The summed E-state index contributed by atoms with van der Waals surface area (Å²) in [6.45, 7) is 3.14. The molecule has 0 atom stereocenters. The maximum absolute atomic E-state index is 11.9. The van der Waals surface area contributed by atoms with Crippen LogP contribution in [0.1, 0.15) is 16.3 Å². The molecule has 3 N–H and O–H groups in total. The minimum absolute atomic E-state index is 0.0455. The molecule has 1 heterocycles. The van der Waals surface area contributed by atoms with Crippen LogP contribution in [0.15, 0.2) is 39.9 Å². The zero-order valence-electron chi connectivity index (χ0n) is 13.6. The predicted octanol–water partition coefficient (Wildman–Crippen LogP) is 2.91. The molecule has 0 aliphatic heterocycles. The number of rotatable bonds is 6. The summed E-state index contributed by atoms with van der Waals surface area (Å²) in [6, 6.07) is 7.48. The van der Waals surface area contributed by atoms with E-state index in [-0.39, 0.29) is 5.91 Å². The van der Waals surface area contributed by atoms with Crippen LogP contribution < -0.4 is 16.0 Å². The van der Waals surface area contributed by atoms with Gasteiger partial charge in [-0.05, 0) is 31.2 Å². The van der Waals surface area contributed by atoms with E-state index in [1.54, 1.807) is 18.4 Å². The summed E-state index contributed by atoms with van der Waals surface area (Å²) in [4.78, 5) is 21.5. The van der Waals surface area contributed by atoms with Crippen LogP contribution in [-0.4, -0.2) is 30.4 Å². The predicted molar refractivity (Wildman–Crippen MR) is 102 cm³/mol. The summed E-state index contributed by atoms with van der Waals surface area (Å²) >= 11 is 5.01. The monoisotopic (exact) mass is 409 g/mol. The maximum atomic E-state index is 11.9. The van der Waals surface area contributed by atoms with Gasteiger partial charge in [-0.15, -0.1) is 11.3 Å². The number of halogens is 1. The number of nitrogens with one attached hydrogen (secondary N) is 3. The van der Waals surface area contributed by atoms with E-state index in [1.165, 1.54) is 4.88 Å². The van der Waals surface area contributed by atoms with E-state index >= 15 is 0 Å². The number of thiazole rings is 1. The fourth-order valence-corrected chi connectivity index (χ4v) is 2.91. The lowest BCUT2D eigenvalue weighted by Crippen LogP contribution is -2.38. The zero-order chi connectivity index (χ0) is 17.4.